The summed E-state index contributed by atoms with van der Waals surface area (Å²) < 4.78 is 3.77. The topological polar surface area (TPSA) is 77.6 Å². The molecule has 1 unspecified atom stereocenters. The van der Waals surface area contributed by atoms with Crippen molar-refractivity contribution in [1.29, 1.82) is 0 Å². The Morgan fingerprint density at radius 2 is 2.04 bits per heavy atom. The van der Waals surface area contributed by atoms with E-state index in [4.69, 9.17) is 4.98 Å². The summed E-state index contributed by atoms with van der Waals surface area (Å²) in [6.45, 7) is 4.58. The molecule has 2 aromatic heterocycles. The van der Waals surface area contributed by atoms with Crippen LogP contribution in [0, 0.1) is 0 Å². The minimum Gasteiger partial charge on any atom is -0.354 e. The molecule has 0 bridgehead atoms. The zero-order valence-electron chi connectivity index (χ0n) is 14.9. The molecule has 0 saturated heterocycles. The molecule has 0 aliphatic carbocycles. The van der Waals surface area contributed by atoms with Crippen LogP contribution in [0.3, 0.4) is 0 Å². The molecule has 0 spiro atoms. The van der Waals surface area contributed by atoms with Crippen LogP contribution in [0.2, 0.25) is 0 Å². The summed E-state index contributed by atoms with van der Waals surface area (Å²) in [6, 6.07) is 7.65. The Labute approximate surface area is 147 Å². The molecule has 1 atom stereocenters. The van der Waals surface area contributed by atoms with Gasteiger partial charge >= 0.3 is 0 Å². The number of benzene rings is 1. The molecule has 25 heavy (non-hydrogen) atoms. The summed E-state index contributed by atoms with van der Waals surface area (Å²) in [6.07, 6.45) is 4.02. The lowest BCUT2D eigenvalue weighted by Gasteiger charge is -2.17. The number of aryl methyl sites for hydroxylation is 2. The Kier molecular flexibility index (Phi) is 5.11. The summed E-state index contributed by atoms with van der Waals surface area (Å²) in [4.78, 5) is 21.5. The minimum atomic E-state index is -0.312. The van der Waals surface area contributed by atoms with E-state index in [0.717, 1.165) is 35.5 Å². The fourth-order valence-electron chi connectivity index (χ4n) is 3.04. The van der Waals surface area contributed by atoms with Crippen LogP contribution in [0.25, 0.3) is 11.0 Å². The van der Waals surface area contributed by atoms with Crippen LogP contribution in [0.1, 0.15) is 38.0 Å². The Bertz CT molecular complexity index is 865. The van der Waals surface area contributed by atoms with Gasteiger partial charge in [0.1, 0.15) is 24.0 Å². The first-order valence-electron chi connectivity index (χ1n) is 8.68. The Morgan fingerprint density at radius 1 is 1.24 bits per heavy atom. The third-order valence-corrected chi connectivity index (χ3v) is 4.36. The highest BCUT2D eigenvalue weighted by Crippen LogP contribution is 2.22. The van der Waals surface area contributed by atoms with E-state index >= 15 is 0 Å². The van der Waals surface area contributed by atoms with Crippen molar-refractivity contribution in [2.75, 3.05) is 6.54 Å². The predicted molar refractivity (Wildman–Crippen MR) is 96.2 cm³/mol. The molecule has 0 aliphatic rings. The minimum absolute atomic E-state index is 0.0114. The van der Waals surface area contributed by atoms with Gasteiger partial charge in [-0.2, -0.15) is 5.10 Å². The second-order valence-corrected chi connectivity index (χ2v) is 6.15. The first-order valence-corrected chi connectivity index (χ1v) is 8.68. The Balaban J connectivity index is 1.74. The van der Waals surface area contributed by atoms with E-state index in [9.17, 15) is 4.79 Å². The number of fused-ring (bicyclic) bond motifs is 1. The van der Waals surface area contributed by atoms with Crippen LogP contribution in [0.15, 0.2) is 30.6 Å². The first kappa shape index (κ1) is 17.1. The van der Waals surface area contributed by atoms with E-state index in [1.807, 2.05) is 38.2 Å². The van der Waals surface area contributed by atoms with Crippen molar-refractivity contribution in [3.8, 4) is 0 Å². The van der Waals surface area contributed by atoms with Gasteiger partial charge in [0, 0.05) is 26.4 Å². The van der Waals surface area contributed by atoms with Crippen molar-refractivity contribution in [3.63, 3.8) is 0 Å². The van der Waals surface area contributed by atoms with Gasteiger partial charge in [0.05, 0.1) is 11.0 Å². The van der Waals surface area contributed by atoms with Crippen molar-refractivity contribution in [2.24, 2.45) is 7.05 Å². The van der Waals surface area contributed by atoms with Gasteiger partial charge in [0.25, 0.3) is 0 Å². The van der Waals surface area contributed by atoms with Crippen LogP contribution in [0.5, 0.6) is 0 Å². The molecule has 1 N–H and O–H groups in total. The number of carbonyl (C=O) groups excluding carboxylic acids is 1. The number of nitrogens with zero attached hydrogens (tertiary/aromatic N) is 5. The van der Waals surface area contributed by atoms with Gasteiger partial charge in [-0.05, 0) is 25.5 Å². The predicted octanol–water partition coefficient (Wildman–Crippen LogP) is 2.04. The Morgan fingerprint density at radius 3 is 2.76 bits per heavy atom. The molecule has 0 fully saturated rings. The summed E-state index contributed by atoms with van der Waals surface area (Å²) in [7, 11) is 1.85. The fourth-order valence-corrected chi connectivity index (χ4v) is 3.04. The molecule has 1 aromatic carbocycles. The highest BCUT2D eigenvalue weighted by atomic mass is 16.2. The number of amides is 1. The number of aromatic nitrogens is 5. The second-order valence-electron chi connectivity index (χ2n) is 6.15. The van der Waals surface area contributed by atoms with Crippen LogP contribution in [-0.2, 0) is 24.7 Å². The SMILES string of the molecule is CCCc1nc2ccccc2n1C(C)C(=O)NCCc1ncnn1C. The average Bonchev–Trinajstić information content (AvgIpc) is 3.17. The largest absolute Gasteiger partial charge is 0.354 e. The standard InChI is InChI=1S/C18H24N6O/c1-4-7-17-22-14-8-5-6-9-15(14)24(17)13(2)18(25)19-11-10-16-20-12-21-23(16)3/h5-6,8-9,12-13H,4,7,10-11H2,1-3H3,(H,19,25). The number of carbonyl (C=O) groups is 1. The van der Waals surface area contributed by atoms with Crippen molar-refractivity contribution in [2.45, 2.75) is 39.2 Å². The lowest BCUT2D eigenvalue weighted by molar-refractivity contribution is -0.123. The van der Waals surface area contributed by atoms with E-state index in [2.05, 4.69) is 26.9 Å². The maximum absolute atomic E-state index is 12.7. The quantitative estimate of drug-likeness (QED) is 0.714. The van der Waals surface area contributed by atoms with E-state index < -0.39 is 0 Å². The number of para-hydroxylation sites is 2. The van der Waals surface area contributed by atoms with Gasteiger partial charge in [0.2, 0.25) is 5.91 Å². The molecular weight excluding hydrogens is 316 g/mol. The summed E-state index contributed by atoms with van der Waals surface area (Å²) >= 11 is 0. The number of hydrogen-bond donors (Lipinski definition) is 1. The third-order valence-electron chi connectivity index (χ3n) is 4.36. The van der Waals surface area contributed by atoms with E-state index in [0.29, 0.717) is 13.0 Å². The van der Waals surface area contributed by atoms with Crippen LogP contribution >= 0.6 is 0 Å². The number of rotatable bonds is 7. The number of imidazole rings is 1. The molecule has 3 rings (SSSR count). The number of nitrogens with one attached hydrogen (secondary N) is 1. The summed E-state index contributed by atoms with van der Waals surface area (Å²) in [5.74, 6) is 1.80. The van der Waals surface area contributed by atoms with Gasteiger partial charge in [0.15, 0.2) is 0 Å². The van der Waals surface area contributed by atoms with Gasteiger partial charge in [-0.1, -0.05) is 19.1 Å². The van der Waals surface area contributed by atoms with Gasteiger partial charge in [-0.15, -0.1) is 0 Å². The molecule has 0 aliphatic heterocycles. The van der Waals surface area contributed by atoms with Gasteiger partial charge in [-0.3, -0.25) is 9.48 Å². The zero-order chi connectivity index (χ0) is 17.8. The van der Waals surface area contributed by atoms with Gasteiger partial charge < -0.3 is 9.88 Å². The van der Waals surface area contributed by atoms with E-state index in [1.165, 1.54) is 6.33 Å². The maximum atomic E-state index is 12.7. The third kappa shape index (κ3) is 3.55. The lowest BCUT2D eigenvalue weighted by atomic mass is 10.2. The molecule has 132 valence electrons. The number of hydrogen-bond acceptors (Lipinski definition) is 4. The van der Waals surface area contributed by atoms with Crippen LogP contribution < -0.4 is 5.32 Å². The molecule has 7 heteroatoms. The Hall–Kier alpha value is -2.70. The van der Waals surface area contributed by atoms with Crippen molar-refractivity contribution < 1.29 is 4.79 Å². The maximum Gasteiger partial charge on any atom is 0.242 e. The van der Waals surface area contributed by atoms with Crippen LogP contribution in [-0.4, -0.2) is 36.8 Å². The highest BCUT2D eigenvalue weighted by molar-refractivity contribution is 5.84. The monoisotopic (exact) mass is 340 g/mol. The first-order chi connectivity index (χ1) is 12.1. The summed E-state index contributed by atoms with van der Waals surface area (Å²) in [5, 5.41) is 7.04. The molecule has 0 saturated carbocycles. The second kappa shape index (κ2) is 7.46. The highest BCUT2D eigenvalue weighted by Gasteiger charge is 2.20. The van der Waals surface area contributed by atoms with Crippen molar-refractivity contribution in [3.05, 3.63) is 42.2 Å². The average molecular weight is 340 g/mol. The zero-order valence-corrected chi connectivity index (χ0v) is 14.9. The molecule has 0 radical (unpaired) electrons. The van der Waals surface area contributed by atoms with E-state index in [1.54, 1.807) is 4.68 Å². The molecule has 3 aromatic rings. The molecule has 2 heterocycles. The van der Waals surface area contributed by atoms with Crippen molar-refractivity contribution >= 4 is 16.9 Å². The van der Waals surface area contributed by atoms with Crippen LogP contribution in [0.4, 0.5) is 0 Å². The smallest absolute Gasteiger partial charge is 0.242 e. The fraction of sp³-hybridized carbons (Fsp3) is 0.444. The summed E-state index contributed by atoms with van der Waals surface area (Å²) in [5.41, 5.74) is 1.94. The van der Waals surface area contributed by atoms with Crippen molar-refractivity contribution in [1.82, 2.24) is 29.6 Å². The molecule has 7 nitrogen and oxygen atoms in total. The molecule has 1 amide bonds. The lowest BCUT2D eigenvalue weighted by Crippen LogP contribution is -2.33. The van der Waals surface area contributed by atoms with E-state index in [-0.39, 0.29) is 11.9 Å². The normalized spacial score (nSPS) is 12.4. The molecular formula is C18H24N6O. The van der Waals surface area contributed by atoms with Gasteiger partial charge in [-0.25, -0.2) is 9.97 Å².